The van der Waals surface area contributed by atoms with Crippen molar-refractivity contribution in [2.24, 2.45) is 23.7 Å². The number of anilines is 2. The first-order chi connectivity index (χ1) is 55.8. The molecule has 13 rings (SSSR count). The van der Waals surface area contributed by atoms with E-state index in [4.69, 9.17) is 48.4 Å². The van der Waals surface area contributed by atoms with Gasteiger partial charge >= 0.3 is 7.12 Å². The molecule has 5 fully saturated rings. The first-order valence-electron chi connectivity index (χ1n) is 42.1. The van der Waals surface area contributed by atoms with Crippen molar-refractivity contribution in [3.8, 4) is 11.1 Å². The summed E-state index contributed by atoms with van der Waals surface area (Å²) in [7, 11) is -5.40. The lowest BCUT2D eigenvalue weighted by molar-refractivity contribution is 0.0688. The number of halogens is 8. The van der Waals surface area contributed by atoms with Gasteiger partial charge < -0.3 is 53.4 Å². The predicted molar refractivity (Wildman–Crippen MR) is 501 cm³/mol. The normalized spacial score (nSPS) is 19.9. The van der Waals surface area contributed by atoms with Gasteiger partial charge in [-0.25, -0.2) is 32.5 Å². The van der Waals surface area contributed by atoms with Crippen LogP contribution in [0.2, 0.25) is 103 Å². The van der Waals surface area contributed by atoms with E-state index in [0.29, 0.717) is 83.2 Å². The maximum atomic E-state index is 15.2. The molecule has 3 N–H and O–H groups in total. The zero-order valence-electron chi connectivity index (χ0n) is 74.3. The standard InChI is InChI=1S/C34H54FN5O3Si2.C26H45IN4O2Si2.C13H19BFNO3.C8H9BrFNO.C5H2Br2FN/c1-34(2,41)32-29(35)18-27(20-36-32)28-21-37-40-31(19-30(38-33(28)40)26-16-24-9-10-25(15-24)17-26)39(22-42-11-13-44(3,4)5)23-43-12-14-45(6,7)8;1-34(2,3)11-9-32-18-30(19-33-10-12-35(4,5)6)25-16-24(29-26-23(27)17-28-31(25)26)22-14-20-7-8-21(13-20)15-22;1-8-13(4,5)19-14(18-8)9-6-10(15)11(16-7-9)12(2,3)17;1-8(2,12)7-6(10)3-5(9)4-11-7;6-3-1-4(8)5(7)9-2-3/h18-21,24-26,41H,9-17,22-23H2,1-8H3;16-17,20-22H,7-15,18-19H2,1-6H3;6-8,17H,1-5H3;3-4,12H,1-2H3;1-2H/t24-,25+,26?;20-,21+,22?;;;. The number of ether oxygens (including phenoxy) is 4. The number of aromatic nitrogens is 10. The average molecular weight is 2040 g/mol. The molecular weight excluding hydrogens is 1910 g/mol. The van der Waals surface area contributed by atoms with Crippen LogP contribution < -0.4 is 15.3 Å². The minimum absolute atomic E-state index is 0.0153. The van der Waals surface area contributed by atoms with E-state index in [1.54, 1.807) is 12.4 Å². The minimum Gasteiger partial charge on any atom is -0.402 e. The zero-order chi connectivity index (χ0) is 88.4. The monoisotopic (exact) mass is 2040 g/mol. The quantitative estimate of drug-likeness (QED) is 0.00987. The van der Waals surface area contributed by atoms with Crippen molar-refractivity contribution in [3.63, 3.8) is 0 Å². The van der Waals surface area contributed by atoms with Crippen molar-refractivity contribution < 1.29 is 61.1 Å². The molecule has 120 heavy (non-hydrogen) atoms. The largest absolute Gasteiger partial charge is 0.496 e. The highest BCUT2D eigenvalue weighted by Crippen LogP contribution is 2.50. The average Bonchev–Trinajstić information content (AvgIpc) is 1.60. The van der Waals surface area contributed by atoms with Crippen LogP contribution in [0.25, 0.3) is 22.4 Å². The molecule has 7 atom stereocenters. The van der Waals surface area contributed by atoms with Crippen molar-refractivity contribution in [1.29, 1.82) is 0 Å². The van der Waals surface area contributed by atoms with Crippen LogP contribution in [0.15, 0.2) is 87.1 Å². The summed E-state index contributed by atoms with van der Waals surface area (Å²) in [5, 5.41) is 39.1. The fourth-order valence-corrected chi connectivity index (χ4v) is 19.6. The Morgan fingerprint density at radius 3 is 1.23 bits per heavy atom. The molecule has 4 aliphatic carbocycles. The molecule has 1 saturated heterocycles. The smallest absolute Gasteiger partial charge is 0.402 e. The lowest BCUT2D eigenvalue weighted by Crippen LogP contribution is -2.36. The molecule has 34 heteroatoms. The van der Waals surface area contributed by atoms with Crippen molar-refractivity contribution in [1.82, 2.24) is 49.1 Å². The lowest BCUT2D eigenvalue weighted by atomic mass is 9.79. The predicted octanol–water partition coefficient (Wildman–Crippen LogP) is 21.3. The Balaban J connectivity index is 0.000000191. The van der Waals surface area contributed by atoms with Gasteiger partial charge in [0.25, 0.3) is 0 Å². The molecule has 9 heterocycles. The Hall–Kier alpha value is -4.10. The number of fused-ring (bicyclic) bond motifs is 6. The van der Waals surface area contributed by atoms with Gasteiger partial charge in [0, 0.05) is 144 Å². The van der Waals surface area contributed by atoms with Crippen LogP contribution in [-0.2, 0) is 45.1 Å². The second-order valence-corrected chi connectivity index (χ2v) is 66.3. The minimum atomic E-state index is -1.38. The molecule has 662 valence electrons. The third-order valence-electron chi connectivity index (χ3n) is 22.4. The van der Waals surface area contributed by atoms with Gasteiger partial charge in [-0.05, 0) is 243 Å². The van der Waals surface area contributed by atoms with E-state index >= 15 is 4.39 Å². The molecular formula is C86H129BBr3F4IN12O9Si4. The molecule has 3 unspecified atom stereocenters. The first-order valence-corrected chi connectivity index (χ1v) is 60.4. The van der Waals surface area contributed by atoms with Gasteiger partial charge in [-0.1, -0.05) is 104 Å². The Labute approximate surface area is 752 Å². The molecule has 0 spiro atoms. The molecule has 0 amide bonds. The van der Waals surface area contributed by atoms with Crippen LogP contribution in [-0.4, -0.2) is 169 Å². The lowest BCUT2D eigenvalue weighted by Gasteiger charge is -2.30. The first kappa shape index (κ1) is 99.7. The van der Waals surface area contributed by atoms with Crippen molar-refractivity contribution in [2.45, 2.75) is 270 Å². The van der Waals surface area contributed by atoms with Gasteiger partial charge in [0.05, 0.1) is 27.7 Å². The summed E-state index contributed by atoms with van der Waals surface area (Å²) < 4.78 is 97.6. The molecule has 0 aromatic carbocycles. The van der Waals surface area contributed by atoms with Crippen molar-refractivity contribution in [2.75, 3.05) is 63.2 Å². The number of hydrogen-bond acceptors (Lipinski definition) is 19. The van der Waals surface area contributed by atoms with Gasteiger partial charge in [-0.15, -0.1) is 0 Å². The molecule has 0 radical (unpaired) electrons. The Kier molecular flexibility index (Phi) is 35.1. The van der Waals surface area contributed by atoms with Gasteiger partial charge in [-0.3, -0.25) is 15.0 Å². The van der Waals surface area contributed by atoms with Gasteiger partial charge in [0.2, 0.25) is 0 Å². The van der Waals surface area contributed by atoms with Crippen LogP contribution >= 0.6 is 70.4 Å². The maximum Gasteiger partial charge on any atom is 0.496 e. The SMILES string of the molecule is CC(C)(O)c1ncc(-c2cnn3c(N(COCC[Si](C)(C)C)COCC[Si](C)(C)C)cc(C4C[C@H]5CC[C@@H](C4)C5)nc23)cc1F.CC(C)(O)c1ncc(Br)cc1F.CC1OB(c2cnc(C(C)(C)O)c(F)c2)OC1(C)C.C[Si](C)(C)CCOCN(COCC[Si](C)(C)C)c1cc(C2C[C@H]3CC[C@@H](C2)C3)nc2c(I)cnn12.Fc1cc(Br)cnc1Br. The van der Waals surface area contributed by atoms with E-state index in [9.17, 15) is 28.5 Å². The molecule has 4 saturated carbocycles. The number of rotatable bonds is 29. The van der Waals surface area contributed by atoms with Gasteiger partial charge in [0.15, 0.2) is 17.1 Å². The summed E-state index contributed by atoms with van der Waals surface area (Å²) in [6.07, 6.45) is 22.7. The van der Waals surface area contributed by atoms with Gasteiger partial charge in [-0.2, -0.15) is 19.2 Å². The number of aliphatic hydroxyl groups is 3. The number of pyridine rings is 4. The van der Waals surface area contributed by atoms with E-state index in [-0.39, 0.29) is 33.6 Å². The van der Waals surface area contributed by atoms with Crippen LogP contribution in [0.5, 0.6) is 0 Å². The molecule has 21 nitrogen and oxygen atoms in total. The highest BCUT2D eigenvalue weighted by molar-refractivity contribution is 14.1. The maximum absolute atomic E-state index is 15.2. The van der Waals surface area contributed by atoms with Crippen LogP contribution in [0, 0.1) is 50.5 Å². The summed E-state index contributed by atoms with van der Waals surface area (Å²) >= 11 is 11.4. The van der Waals surface area contributed by atoms with E-state index < -0.39 is 79.3 Å². The Morgan fingerprint density at radius 2 is 0.867 bits per heavy atom. The van der Waals surface area contributed by atoms with E-state index in [0.717, 1.165) is 88.4 Å². The fraction of sp³-hybridized carbons (Fsp3) is 0.628. The fourth-order valence-electron chi connectivity index (χ4n) is 15.3. The molecule has 5 aliphatic rings. The van der Waals surface area contributed by atoms with E-state index in [2.05, 4.69) is 191 Å². The Bertz CT molecular complexity index is 4630. The van der Waals surface area contributed by atoms with Crippen LogP contribution in [0.4, 0.5) is 29.2 Å². The van der Waals surface area contributed by atoms with Crippen molar-refractivity contribution >= 4 is 138 Å². The molecule has 8 aromatic heterocycles. The summed E-state index contributed by atoms with van der Waals surface area (Å²) in [5.41, 5.74) is 1.49. The second kappa shape index (κ2) is 42.2. The Morgan fingerprint density at radius 1 is 0.500 bits per heavy atom. The third-order valence-corrected chi connectivity index (χ3v) is 31.5. The molecule has 4 bridgehead atoms. The van der Waals surface area contributed by atoms with Gasteiger partial charge in [0.1, 0.15) is 94.5 Å². The zero-order valence-corrected chi connectivity index (χ0v) is 85.2. The number of hydrogen-bond donors (Lipinski definition) is 3. The number of nitrogens with zero attached hydrogens (tertiary/aromatic N) is 12. The molecule has 8 aromatic rings. The summed E-state index contributed by atoms with van der Waals surface area (Å²) in [5.74, 6) is 4.18. The highest BCUT2D eigenvalue weighted by Gasteiger charge is 2.45. The van der Waals surface area contributed by atoms with E-state index in [1.807, 2.05) is 36.0 Å². The summed E-state index contributed by atoms with van der Waals surface area (Å²) in [4.78, 5) is 30.5. The van der Waals surface area contributed by atoms with Crippen molar-refractivity contribution in [3.05, 3.63) is 142 Å². The summed E-state index contributed by atoms with van der Waals surface area (Å²) in [6.45, 7) is 48.2. The molecule has 1 aliphatic heterocycles. The topological polar surface area (TPSA) is 234 Å². The summed E-state index contributed by atoms with van der Waals surface area (Å²) in [6, 6.07) is 14.3. The van der Waals surface area contributed by atoms with Crippen LogP contribution in [0.1, 0.15) is 167 Å². The van der Waals surface area contributed by atoms with Crippen LogP contribution in [0.3, 0.4) is 0 Å². The highest BCUT2D eigenvalue weighted by atomic mass is 127. The van der Waals surface area contributed by atoms with E-state index in [1.165, 1.54) is 154 Å². The second-order valence-electron chi connectivity index (χ2n) is 40.1. The third kappa shape index (κ3) is 29.8.